The minimum absolute atomic E-state index is 0.600. The van der Waals surface area contributed by atoms with Gasteiger partial charge >= 0.3 is 5.97 Å². The van der Waals surface area contributed by atoms with Crippen LogP contribution in [0.3, 0.4) is 0 Å². The second-order valence-electron chi connectivity index (χ2n) is 4.76. The lowest BCUT2D eigenvalue weighted by atomic mass is 9.82. The zero-order valence-electron chi connectivity index (χ0n) is 9.48. The van der Waals surface area contributed by atoms with Crippen LogP contribution in [0.15, 0.2) is 22.8 Å². The van der Waals surface area contributed by atoms with E-state index in [0.717, 1.165) is 25.1 Å². The smallest absolute Gasteiger partial charge is 0.310 e. The average Bonchev–Trinajstić information content (AvgIpc) is 2.70. The standard InChI is InChI=1S/C12H17NO3/c1-12(11(14)15)5-3-6-13(9-12)8-10-4-2-7-16-10/h2,4,7H,3,5-6,8-9H2,1H3,(H,14,15). The third kappa shape index (κ3) is 2.27. The van der Waals surface area contributed by atoms with E-state index in [4.69, 9.17) is 4.42 Å². The molecular formula is C12H17NO3. The van der Waals surface area contributed by atoms with Crippen LogP contribution in [0.25, 0.3) is 0 Å². The first-order valence-corrected chi connectivity index (χ1v) is 5.58. The molecule has 88 valence electrons. The molecule has 4 heteroatoms. The third-order valence-corrected chi connectivity index (χ3v) is 3.25. The molecule has 0 aromatic carbocycles. The van der Waals surface area contributed by atoms with Gasteiger partial charge < -0.3 is 9.52 Å². The predicted octanol–water partition coefficient (Wildman–Crippen LogP) is 1.97. The summed E-state index contributed by atoms with van der Waals surface area (Å²) >= 11 is 0. The quantitative estimate of drug-likeness (QED) is 0.851. The van der Waals surface area contributed by atoms with Gasteiger partial charge in [-0.2, -0.15) is 0 Å². The summed E-state index contributed by atoms with van der Waals surface area (Å²) in [6.07, 6.45) is 3.34. The van der Waals surface area contributed by atoms with Gasteiger partial charge in [-0.15, -0.1) is 0 Å². The summed E-state index contributed by atoms with van der Waals surface area (Å²) in [6, 6.07) is 3.78. The van der Waals surface area contributed by atoms with Crippen LogP contribution in [-0.2, 0) is 11.3 Å². The number of carbonyl (C=O) groups is 1. The Hall–Kier alpha value is -1.29. The van der Waals surface area contributed by atoms with E-state index >= 15 is 0 Å². The van der Waals surface area contributed by atoms with Crippen LogP contribution in [0.2, 0.25) is 0 Å². The van der Waals surface area contributed by atoms with Crippen LogP contribution in [0.5, 0.6) is 0 Å². The van der Waals surface area contributed by atoms with Crippen molar-refractivity contribution in [3.63, 3.8) is 0 Å². The van der Waals surface area contributed by atoms with E-state index in [0.29, 0.717) is 13.1 Å². The van der Waals surface area contributed by atoms with Gasteiger partial charge in [0.1, 0.15) is 5.76 Å². The number of nitrogens with zero attached hydrogens (tertiary/aromatic N) is 1. The molecule has 0 radical (unpaired) electrons. The second kappa shape index (κ2) is 4.29. The highest BCUT2D eigenvalue weighted by Gasteiger charge is 2.37. The Bertz CT molecular complexity index is 360. The lowest BCUT2D eigenvalue weighted by molar-refractivity contribution is -0.151. The van der Waals surface area contributed by atoms with Crippen LogP contribution in [0, 0.1) is 5.41 Å². The summed E-state index contributed by atoms with van der Waals surface area (Å²) in [6.45, 7) is 4.08. The van der Waals surface area contributed by atoms with Crippen LogP contribution in [0.1, 0.15) is 25.5 Å². The fraction of sp³-hybridized carbons (Fsp3) is 0.583. The molecule has 1 saturated heterocycles. The Balaban J connectivity index is 1.99. The summed E-state index contributed by atoms with van der Waals surface area (Å²) in [5, 5.41) is 9.19. The summed E-state index contributed by atoms with van der Waals surface area (Å²) in [5.41, 5.74) is -0.606. The molecule has 2 heterocycles. The van der Waals surface area contributed by atoms with Gasteiger partial charge in [0.2, 0.25) is 0 Å². The Morgan fingerprint density at radius 3 is 3.12 bits per heavy atom. The van der Waals surface area contributed by atoms with E-state index < -0.39 is 11.4 Å². The zero-order chi connectivity index (χ0) is 11.6. The normalized spacial score (nSPS) is 26.8. The first kappa shape index (κ1) is 11.2. The minimum atomic E-state index is -0.698. The number of likely N-dealkylation sites (tertiary alicyclic amines) is 1. The Morgan fingerprint density at radius 1 is 1.69 bits per heavy atom. The van der Waals surface area contributed by atoms with Crippen molar-refractivity contribution in [2.24, 2.45) is 5.41 Å². The SMILES string of the molecule is CC1(C(=O)O)CCCN(Cc2ccco2)C1. The maximum absolute atomic E-state index is 11.2. The van der Waals surface area contributed by atoms with Crippen molar-refractivity contribution in [3.05, 3.63) is 24.2 Å². The molecule has 0 saturated carbocycles. The molecule has 0 bridgehead atoms. The Morgan fingerprint density at radius 2 is 2.50 bits per heavy atom. The van der Waals surface area contributed by atoms with E-state index in [1.54, 1.807) is 6.26 Å². The molecule has 1 aliphatic heterocycles. The molecular weight excluding hydrogens is 206 g/mol. The lowest BCUT2D eigenvalue weighted by Crippen LogP contribution is -2.45. The van der Waals surface area contributed by atoms with Crippen LogP contribution >= 0.6 is 0 Å². The third-order valence-electron chi connectivity index (χ3n) is 3.25. The highest BCUT2D eigenvalue weighted by atomic mass is 16.4. The number of carboxylic acids is 1. The Kier molecular flexibility index (Phi) is 3.01. The highest BCUT2D eigenvalue weighted by Crippen LogP contribution is 2.30. The van der Waals surface area contributed by atoms with Crippen molar-refractivity contribution in [2.45, 2.75) is 26.3 Å². The molecule has 2 rings (SSSR count). The molecule has 0 spiro atoms. The average molecular weight is 223 g/mol. The van der Waals surface area contributed by atoms with Gasteiger partial charge in [0.05, 0.1) is 18.2 Å². The predicted molar refractivity (Wildman–Crippen MR) is 59.0 cm³/mol. The van der Waals surface area contributed by atoms with Crippen LogP contribution in [0.4, 0.5) is 0 Å². The van der Waals surface area contributed by atoms with Crippen molar-refractivity contribution < 1.29 is 14.3 Å². The fourth-order valence-electron chi connectivity index (χ4n) is 2.28. The van der Waals surface area contributed by atoms with Crippen LogP contribution in [-0.4, -0.2) is 29.1 Å². The number of aliphatic carboxylic acids is 1. The molecule has 1 aliphatic rings. The maximum Gasteiger partial charge on any atom is 0.310 e. The number of furan rings is 1. The zero-order valence-corrected chi connectivity index (χ0v) is 9.48. The van der Waals surface area contributed by atoms with Gasteiger partial charge in [-0.1, -0.05) is 0 Å². The molecule has 1 aromatic heterocycles. The summed E-state index contributed by atoms with van der Waals surface area (Å²) < 4.78 is 5.28. The summed E-state index contributed by atoms with van der Waals surface area (Å²) in [7, 11) is 0. The van der Waals surface area contributed by atoms with Crippen molar-refractivity contribution in [1.29, 1.82) is 0 Å². The van der Waals surface area contributed by atoms with Crippen molar-refractivity contribution in [3.8, 4) is 0 Å². The molecule has 1 fully saturated rings. The number of hydrogen-bond donors (Lipinski definition) is 1. The monoisotopic (exact) mass is 223 g/mol. The van der Waals surface area contributed by atoms with E-state index in [-0.39, 0.29) is 0 Å². The largest absolute Gasteiger partial charge is 0.481 e. The summed E-state index contributed by atoms with van der Waals surface area (Å²) in [5.74, 6) is 0.200. The second-order valence-corrected chi connectivity index (χ2v) is 4.76. The molecule has 0 aliphatic carbocycles. The van der Waals surface area contributed by atoms with E-state index in [9.17, 15) is 9.90 Å². The van der Waals surface area contributed by atoms with Gasteiger partial charge in [0.25, 0.3) is 0 Å². The molecule has 1 aromatic rings. The highest BCUT2D eigenvalue weighted by molar-refractivity contribution is 5.74. The fourth-order valence-corrected chi connectivity index (χ4v) is 2.28. The van der Waals surface area contributed by atoms with Crippen molar-refractivity contribution >= 4 is 5.97 Å². The van der Waals surface area contributed by atoms with Crippen LogP contribution < -0.4 is 0 Å². The van der Waals surface area contributed by atoms with Gasteiger partial charge in [-0.3, -0.25) is 9.69 Å². The molecule has 1 unspecified atom stereocenters. The summed E-state index contributed by atoms with van der Waals surface area (Å²) in [4.78, 5) is 13.3. The van der Waals surface area contributed by atoms with Gasteiger partial charge in [0.15, 0.2) is 0 Å². The van der Waals surface area contributed by atoms with Gasteiger partial charge in [0, 0.05) is 6.54 Å². The first-order valence-electron chi connectivity index (χ1n) is 5.58. The lowest BCUT2D eigenvalue weighted by Gasteiger charge is -2.37. The number of rotatable bonds is 3. The molecule has 1 N–H and O–H groups in total. The molecule has 4 nitrogen and oxygen atoms in total. The number of piperidine rings is 1. The topological polar surface area (TPSA) is 53.7 Å². The van der Waals surface area contributed by atoms with E-state index in [1.807, 2.05) is 19.1 Å². The maximum atomic E-state index is 11.2. The molecule has 1 atom stereocenters. The molecule has 16 heavy (non-hydrogen) atoms. The minimum Gasteiger partial charge on any atom is -0.481 e. The van der Waals surface area contributed by atoms with E-state index in [1.165, 1.54) is 0 Å². The van der Waals surface area contributed by atoms with Crippen molar-refractivity contribution in [2.75, 3.05) is 13.1 Å². The van der Waals surface area contributed by atoms with Gasteiger partial charge in [-0.25, -0.2) is 0 Å². The first-order chi connectivity index (χ1) is 7.60. The Labute approximate surface area is 94.9 Å². The number of carboxylic acid groups (broad SMARTS) is 1. The van der Waals surface area contributed by atoms with Crippen molar-refractivity contribution in [1.82, 2.24) is 4.90 Å². The molecule has 0 amide bonds. The van der Waals surface area contributed by atoms with E-state index in [2.05, 4.69) is 4.90 Å². The number of hydrogen-bond acceptors (Lipinski definition) is 3. The van der Waals surface area contributed by atoms with Gasteiger partial charge in [-0.05, 0) is 38.4 Å².